The third-order valence-corrected chi connectivity index (χ3v) is 3.31. The normalized spacial score (nSPS) is 24.1. The van der Waals surface area contributed by atoms with Gasteiger partial charge in [0.05, 0.1) is 0 Å². The molecule has 0 aliphatic heterocycles. The lowest BCUT2D eigenvalue weighted by molar-refractivity contribution is -0.141. The lowest BCUT2D eigenvalue weighted by Crippen LogP contribution is -2.36. The van der Waals surface area contributed by atoms with E-state index in [-0.39, 0.29) is 41.9 Å². The summed E-state index contributed by atoms with van der Waals surface area (Å²) in [6, 6.07) is 6.46. The summed E-state index contributed by atoms with van der Waals surface area (Å²) >= 11 is 0. The number of hydrogen-bond donors (Lipinski definition) is 1. The molecule has 0 saturated heterocycles. The van der Waals surface area contributed by atoms with E-state index in [0.717, 1.165) is 5.56 Å². The van der Waals surface area contributed by atoms with Gasteiger partial charge in [-0.1, -0.05) is 12.1 Å². The summed E-state index contributed by atoms with van der Waals surface area (Å²) in [5.74, 6) is -2.05. The van der Waals surface area contributed by atoms with Crippen LogP contribution in [0.4, 0.5) is 0 Å². The lowest BCUT2D eigenvalue weighted by atomic mass is 9.75. The maximum Gasteiger partial charge on any atom is 0.151 e. The number of benzene rings is 1. The number of phenolic OH excluding ortho intramolecular Hbond substituents is 1. The average molecular weight is 246 g/mol. The third kappa shape index (κ3) is 2.32. The molecular formula is C14H14O4. The standard InChI is InChI=1S/C14H14O4/c1-8(15)14-12(17)6-10(7-13(14)18)9-2-4-11(16)5-3-9/h2-5,10,14,16H,6-7H2,1H3. The number of carbonyl (C=O) groups is 3. The average Bonchev–Trinajstić information content (AvgIpc) is 2.28. The van der Waals surface area contributed by atoms with E-state index < -0.39 is 5.92 Å². The van der Waals surface area contributed by atoms with Crippen molar-refractivity contribution >= 4 is 17.3 Å². The summed E-state index contributed by atoms with van der Waals surface area (Å²) in [6.45, 7) is 1.28. The van der Waals surface area contributed by atoms with Crippen LogP contribution >= 0.6 is 0 Å². The molecule has 1 N–H and O–H groups in total. The van der Waals surface area contributed by atoms with Gasteiger partial charge in [-0.25, -0.2) is 0 Å². The van der Waals surface area contributed by atoms with Crippen LogP contribution in [-0.2, 0) is 14.4 Å². The summed E-state index contributed by atoms with van der Waals surface area (Å²) < 4.78 is 0. The molecule has 18 heavy (non-hydrogen) atoms. The Morgan fingerprint density at radius 3 is 2.06 bits per heavy atom. The number of aromatic hydroxyl groups is 1. The Balaban J connectivity index is 2.20. The predicted molar refractivity (Wildman–Crippen MR) is 64.3 cm³/mol. The summed E-state index contributed by atoms with van der Waals surface area (Å²) in [4.78, 5) is 34.8. The summed E-state index contributed by atoms with van der Waals surface area (Å²) in [6.07, 6.45) is 0.418. The maximum atomic E-state index is 11.8. The zero-order chi connectivity index (χ0) is 13.3. The molecule has 2 rings (SSSR count). The van der Waals surface area contributed by atoms with Gasteiger partial charge in [-0.2, -0.15) is 0 Å². The van der Waals surface area contributed by atoms with Gasteiger partial charge >= 0.3 is 0 Å². The molecule has 94 valence electrons. The molecule has 4 heteroatoms. The fourth-order valence-electron chi connectivity index (χ4n) is 2.41. The van der Waals surface area contributed by atoms with Crippen LogP contribution in [-0.4, -0.2) is 22.5 Å². The second-order valence-corrected chi connectivity index (χ2v) is 4.67. The van der Waals surface area contributed by atoms with Gasteiger partial charge in [-0.3, -0.25) is 14.4 Å². The molecule has 0 radical (unpaired) electrons. The summed E-state index contributed by atoms with van der Waals surface area (Å²) in [5, 5.41) is 9.20. The molecular weight excluding hydrogens is 232 g/mol. The number of carbonyl (C=O) groups excluding carboxylic acids is 3. The summed E-state index contributed by atoms with van der Waals surface area (Å²) in [5.41, 5.74) is 0.844. The highest BCUT2D eigenvalue weighted by atomic mass is 16.3. The van der Waals surface area contributed by atoms with Crippen LogP contribution in [0, 0.1) is 5.92 Å². The van der Waals surface area contributed by atoms with Gasteiger partial charge in [0.1, 0.15) is 17.5 Å². The molecule has 4 nitrogen and oxygen atoms in total. The molecule has 0 bridgehead atoms. The number of ketones is 3. The van der Waals surface area contributed by atoms with Gasteiger partial charge in [0, 0.05) is 12.8 Å². The Morgan fingerprint density at radius 2 is 1.61 bits per heavy atom. The minimum Gasteiger partial charge on any atom is -0.508 e. The Labute approximate surface area is 105 Å². The van der Waals surface area contributed by atoms with Gasteiger partial charge in [0.15, 0.2) is 11.6 Å². The first kappa shape index (κ1) is 12.5. The highest BCUT2D eigenvalue weighted by molar-refractivity contribution is 6.20. The van der Waals surface area contributed by atoms with Gasteiger partial charge < -0.3 is 5.11 Å². The van der Waals surface area contributed by atoms with E-state index in [0.29, 0.717) is 0 Å². The fourth-order valence-corrected chi connectivity index (χ4v) is 2.41. The van der Waals surface area contributed by atoms with E-state index >= 15 is 0 Å². The monoisotopic (exact) mass is 246 g/mol. The van der Waals surface area contributed by atoms with Crippen LogP contribution in [0.5, 0.6) is 5.75 Å². The Hall–Kier alpha value is -1.97. The van der Waals surface area contributed by atoms with Gasteiger partial charge in [0.25, 0.3) is 0 Å². The predicted octanol–water partition coefficient (Wildman–Crippen LogP) is 1.61. The Bertz CT molecular complexity index is 483. The first-order valence-electron chi connectivity index (χ1n) is 5.84. The van der Waals surface area contributed by atoms with Crippen LogP contribution in [0.25, 0.3) is 0 Å². The zero-order valence-electron chi connectivity index (χ0n) is 10.1. The molecule has 0 heterocycles. The molecule has 0 aromatic heterocycles. The molecule has 1 aromatic carbocycles. The largest absolute Gasteiger partial charge is 0.508 e. The first-order chi connectivity index (χ1) is 8.49. The molecule has 0 unspecified atom stereocenters. The van der Waals surface area contributed by atoms with Crippen molar-refractivity contribution in [3.8, 4) is 5.75 Å². The second-order valence-electron chi connectivity index (χ2n) is 4.67. The zero-order valence-corrected chi connectivity index (χ0v) is 10.1. The molecule has 0 amide bonds. The highest BCUT2D eigenvalue weighted by Crippen LogP contribution is 2.32. The molecule has 1 aliphatic rings. The van der Waals surface area contributed by atoms with Crippen molar-refractivity contribution < 1.29 is 19.5 Å². The SMILES string of the molecule is CC(=O)C1C(=O)CC(c2ccc(O)cc2)CC1=O. The van der Waals surface area contributed by atoms with E-state index in [9.17, 15) is 19.5 Å². The van der Waals surface area contributed by atoms with Gasteiger partial charge in [0.2, 0.25) is 0 Å². The van der Waals surface area contributed by atoms with E-state index in [1.807, 2.05) is 0 Å². The van der Waals surface area contributed by atoms with Crippen molar-refractivity contribution in [2.45, 2.75) is 25.7 Å². The minimum atomic E-state index is -1.06. The molecule has 1 aromatic rings. The third-order valence-electron chi connectivity index (χ3n) is 3.31. The molecule has 0 atom stereocenters. The van der Waals surface area contributed by atoms with Crippen molar-refractivity contribution in [2.75, 3.05) is 0 Å². The minimum absolute atomic E-state index is 0.147. The first-order valence-corrected chi connectivity index (χ1v) is 5.84. The van der Waals surface area contributed by atoms with E-state index in [1.54, 1.807) is 12.1 Å². The van der Waals surface area contributed by atoms with Crippen molar-refractivity contribution in [3.05, 3.63) is 29.8 Å². The summed E-state index contributed by atoms with van der Waals surface area (Å²) in [7, 11) is 0. The number of rotatable bonds is 2. The molecule has 1 fully saturated rings. The van der Waals surface area contributed by atoms with Crippen LogP contribution in [0.2, 0.25) is 0 Å². The van der Waals surface area contributed by atoms with Crippen molar-refractivity contribution in [1.29, 1.82) is 0 Å². The van der Waals surface area contributed by atoms with E-state index in [4.69, 9.17) is 0 Å². The van der Waals surface area contributed by atoms with Crippen molar-refractivity contribution in [2.24, 2.45) is 5.92 Å². The molecule has 0 spiro atoms. The smallest absolute Gasteiger partial charge is 0.151 e. The lowest BCUT2D eigenvalue weighted by Gasteiger charge is -2.25. The molecule has 1 saturated carbocycles. The second kappa shape index (κ2) is 4.72. The topological polar surface area (TPSA) is 71.4 Å². The van der Waals surface area contributed by atoms with Gasteiger partial charge in [-0.05, 0) is 30.5 Å². The number of hydrogen-bond acceptors (Lipinski definition) is 4. The van der Waals surface area contributed by atoms with Crippen molar-refractivity contribution in [1.82, 2.24) is 0 Å². The molecule has 1 aliphatic carbocycles. The van der Waals surface area contributed by atoms with Crippen LogP contribution in [0.15, 0.2) is 24.3 Å². The highest BCUT2D eigenvalue weighted by Gasteiger charge is 2.38. The van der Waals surface area contributed by atoms with E-state index in [2.05, 4.69) is 0 Å². The maximum absolute atomic E-state index is 11.8. The Morgan fingerprint density at radius 1 is 1.11 bits per heavy atom. The van der Waals surface area contributed by atoms with Crippen LogP contribution < -0.4 is 0 Å². The van der Waals surface area contributed by atoms with Gasteiger partial charge in [-0.15, -0.1) is 0 Å². The number of phenols is 1. The quantitative estimate of drug-likeness (QED) is 0.805. The number of Topliss-reactive ketones (excluding diaryl/α,β-unsaturated/α-hetero) is 3. The Kier molecular flexibility index (Phi) is 3.28. The van der Waals surface area contributed by atoms with E-state index in [1.165, 1.54) is 19.1 Å². The van der Waals surface area contributed by atoms with Crippen LogP contribution in [0.3, 0.4) is 0 Å². The fraction of sp³-hybridized carbons (Fsp3) is 0.357. The van der Waals surface area contributed by atoms with Crippen LogP contribution in [0.1, 0.15) is 31.2 Å². The van der Waals surface area contributed by atoms with Crippen molar-refractivity contribution in [3.63, 3.8) is 0 Å².